The fourth-order valence-corrected chi connectivity index (χ4v) is 2.65. The van der Waals surface area contributed by atoms with E-state index in [4.69, 9.17) is 0 Å². The third-order valence-corrected chi connectivity index (χ3v) is 3.86. The zero-order valence-electron chi connectivity index (χ0n) is 12.0. The second-order valence-corrected chi connectivity index (χ2v) is 5.53. The minimum Gasteiger partial charge on any atom is -0.350 e. The molecule has 1 aromatic carbocycles. The Kier molecular flexibility index (Phi) is 5.53. The molecule has 1 heterocycles. The average Bonchev–Trinajstić information content (AvgIpc) is 2.46. The summed E-state index contributed by atoms with van der Waals surface area (Å²) in [6, 6.07) is 6.69. The summed E-state index contributed by atoms with van der Waals surface area (Å²) in [5.74, 6) is -0.232. The van der Waals surface area contributed by atoms with Crippen molar-refractivity contribution in [1.82, 2.24) is 10.6 Å². The van der Waals surface area contributed by atoms with E-state index in [0.717, 1.165) is 24.9 Å². The molecule has 1 aromatic rings. The molecule has 0 saturated carbocycles. The number of benzene rings is 1. The van der Waals surface area contributed by atoms with Gasteiger partial charge in [-0.1, -0.05) is 18.6 Å². The zero-order chi connectivity index (χ0) is 14.4. The first kappa shape index (κ1) is 15.0. The van der Waals surface area contributed by atoms with Crippen LogP contribution in [0.4, 0.5) is 4.39 Å². The van der Waals surface area contributed by atoms with Gasteiger partial charge in [0.15, 0.2) is 0 Å². The second kappa shape index (κ2) is 7.39. The quantitative estimate of drug-likeness (QED) is 0.869. The third-order valence-electron chi connectivity index (χ3n) is 3.86. The Balaban J connectivity index is 1.76. The van der Waals surface area contributed by atoms with Crippen molar-refractivity contribution in [3.05, 3.63) is 35.6 Å². The van der Waals surface area contributed by atoms with E-state index < -0.39 is 0 Å². The van der Waals surface area contributed by atoms with Gasteiger partial charge in [-0.2, -0.15) is 0 Å². The number of piperidine rings is 1. The maximum atomic E-state index is 13.1. The number of carbonyl (C=O) groups excluding carboxylic acids is 1. The van der Waals surface area contributed by atoms with E-state index in [1.54, 1.807) is 6.07 Å². The first-order chi connectivity index (χ1) is 9.65. The van der Waals surface area contributed by atoms with E-state index in [9.17, 15) is 9.18 Å². The summed E-state index contributed by atoms with van der Waals surface area (Å²) >= 11 is 0. The first-order valence-corrected chi connectivity index (χ1v) is 7.43. The molecule has 0 aromatic heterocycles. The lowest BCUT2D eigenvalue weighted by Gasteiger charge is -2.23. The van der Waals surface area contributed by atoms with E-state index in [2.05, 4.69) is 10.6 Å². The number of hydrogen-bond acceptors (Lipinski definition) is 2. The third kappa shape index (κ3) is 4.60. The molecule has 0 bridgehead atoms. The molecule has 0 spiro atoms. The van der Waals surface area contributed by atoms with Gasteiger partial charge in [0.1, 0.15) is 5.82 Å². The number of carbonyl (C=O) groups is 1. The molecule has 2 atom stereocenters. The fourth-order valence-electron chi connectivity index (χ4n) is 2.65. The first-order valence-electron chi connectivity index (χ1n) is 7.43. The molecule has 110 valence electrons. The van der Waals surface area contributed by atoms with Gasteiger partial charge < -0.3 is 10.6 Å². The summed E-state index contributed by atoms with van der Waals surface area (Å²) in [4.78, 5) is 11.9. The van der Waals surface area contributed by atoms with E-state index in [1.807, 2.05) is 13.0 Å². The summed E-state index contributed by atoms with van der Waals surface area (Å²) in [7, 11) is 0. The SMILES string of the molecule is C[C@H](NC(=O)CCC1CCCCN1)c1cccc(F)c1. The summed E-state index contributed by atoms with van der Waals surface area (Å²) in [6.45, 7) is 2.94. The number of halogens is 1. The summed E-state index contributed by atoms with van der Waals surface area (Å²) in [5, 5.41) is 6.37. The van der Waals surface area contributed by atoms with E-state index in [1.165, 1.54) is 25.0 Å². The molecule has 0 radical (unpaired) electrons. The molecule has 1 fully saturated rings. The number of nitrogens with one attached hydrogen (secondary N) is 2. The van der Waals surface area contributed by atoms with Gasteiger partial charge in [0.25, 0.3) is 0 Å². The molecule has 2 rings (SSSR count). The highest BCUT2D eigenvalue weighted by atomic mass is 19.1. The van der Waals surface area contributed by atoms with Crippen molar-refractivity contribution < 1.29 is 9.18 Å². The predicted molar refractivity (Wildman–Crippen MR) is 77.8 cm³/mol. The average molecular weight is 278 g/mol. The molecule has 1 aliphatic heterocycles. The molecule has 1 saturated heterocycles. The molecule has 3 nitrogen and oxygen atoms in total. The molecule has 2 N–H and O–H groups in total. The topological polar surface area (TPSA) is 41.1 Å². The minimum atomic E-state index is -0.269. The van der Waals surface area contributed by atoms with Gasteiger partial charge in [-0.05, 0) is 50.4 Å². The van der Waals surface area contributed by atoms with Gasteiger partial charge in [-0.25, -0.2) is 4.39 Å². The maximum absolute atomic E-state index is 13.1. The molecule has 0 aliphatic carbocycles. The van der Waals surface area contributed by atoms with Crippen LogP contribution in [0.3, 0.4) is 0 Å². The number of hydrogen-bond donors (Lipinski definition) is 2. The highest BCUT2D eigenvalue weighted by Gasteiger charge is 2.15. The lowest BCUT2D eigenvalue weighted by Crippen LogP contribution is -2.35. The van der Waals surface area contributed by atoms with Crippen molar-refractivity contribution in [3.63, 3.8) is 0 Å². The van der Waals surface area contributed by atoms with Crippen molar-refractivity contribution in [2.45, 2.75) is 51.1 Å². The van der Waals surface area contributed by atoms with Gasteiger partial charge >= 0.3 is 0 Å². The molecule has 1 unspecified atom stereocenters. The Labute approximate surface area is 120 Å². The number of rotatable bonds is 5. The minimum absolute atomic E-state index is 0.0362. The van der Waals surface area contributed by atoms with Crippen LogP contribution in [0.1, 0.15) is 50.6 Å². The maximum Gasteiger partial charge on any atom is 0.220 e. The van der Waals surface area contributed by atoms with Crippen LogP contribution in [-0.4, -0.2) is 18.5 Å². The summed E-state index contributed by atoms with van der Waals surface area (Å²) in [6.07, 6.45) is 5.05. The number of amides is 1. The van der Waals surface area contributed by atoms with Crippen LogP contribution in [0.2, 0.25) is 0 Å². The Hall–Kier alpha value is -1.42. The Morgan fingerprint density at radius 2 is 2.35 bits per heavy atom. The molecular formula is C16H23FN2O. The van der Waals surface area contributed by atoms with Gasteiger partial charge in [0.05, 0.1) is 6.04 Å². The second-order valence-electron chi connectivity index (χ2n) is 5.53. The Morgan fingerprint density at radius 1 is 1.50 bits per heavy atom. The highest BCUT2D eigenvalue weighted by Crippen LogP contribution is 2.15. The Bertz CT molecular complexity index is 444. The largest absolute Gasteiger partial charge is 0.350 e. The van der Waals surface area contributed by atoms with Crippen LogP contribution in [-0.2, 0) is 4.79 Å². The van der Waals surface area contributed by atoms with Crippen molar-refractivity contribution in [3.8, 4) is 0 Å². The fraction of sp³-hybridized carbons (Fsp3) is 0.562. The van der Waals surface area contributed by atoms with Crippen LogP contribution in [0, 0.1) is 5.82 Å². The molecular weight excluding hydrogens is 255 g/mol. The van der Waals surface area contributed by atoms with Crippen molar-refractivity contribution in [1.29, 1.82) is 0 Å². The molecule has 20 heavy (non-hydrogen) atoms. The molecule has 1 aliphatic rings. The molecule has 4 heteroatoms. The lowest BCUT2D eigenvalue weighted by atomic mass is 10.0. The van der Waals surface area contributed by atoms with Crippen molar-refractivity contribution in [2.75, 3.05) is 6.54 Å². The zero-order valence-corrected chi connectivity index (χ0v) is 12.0. The van der Waals surface area contributed by atoms with E-state index >= 15 is 0 Å². The van der Waals surface area contributed by atoms with Crippen molar-refractivity contribution >= 4 is 5.91 Å². The standard InChI is InChI=1S/C16H23FN2O/c1-12(13-5-4-6-14(17)11-13)19-16(20)9-8-15-7-2-3-10-18-15/h4-6,11-12,15,18H,2-3,7-10H2,1H3,(H,19,20)/t12-,15?/m0/s1. The van der Waals surface area contributed by atoms with E-state index in [-0.39, 0.29) is 17.8 Å². The summed E-state index contributed by atoms with van der Waals surface area (Å²) < 4.78 is 13.1. The Morgan fingerprint density at radius 3 is 3.05 bits per heavy atom. The van der Waals surface area contributed by atoms with Gasteiger partial charge in [-0.15, -0.1) is 0 Å². The lowest BCUT2D eigenvalue weighted by molar-refractivity contribution is -0.122. The van der Waals surface area contributed by atoms with Crippen molar-refractivity contribution in [2.24, 2.45) is 0 Å². The monoisotopic (exact) mass is 278 g/mol. The van der Waals surface area contributed by atoms with Crippen LogP contribution < -0.4 is 10.6 Å². The van der Waals surface area contributed by atoms with Crippen LogP contribution in [0.15, 0.2) is 24.3 Å². The normalized spacial score (nSPS) is 20.4. The van der Waals surface area contributed by atoms with Gasteiger partial charge in [-0.3, -0.25) is 4.79 Å². The highest BCUT2D eigenvalue weighted by molar-refractivity contribution is 5.76. The predicted octanol–water partition coefficient (Wildman–Crippen LogP) is 2.93. The van der Waals surface area contributed by atoms with Gasteiger partial charge in [0, 0.05) is 12.5 Å². The van der Waals surface area contributed by atoms with E-state index in [0.29, 0.717) is 12.5 Å². The smallest absolute Gasteiger partial charge is 0.220 e. The summed E-state index contributed by atoms with van der Waals surface area (Å²) in [5.41, 5.74) is 0.800. The molecule has 1 amide bonds. The van der Waals surface area contributed by atoms with Crippen LogP contribution in [0.25, 0.3) is 0 Å². The van der Waals surface area contributed by atoms with Crippen LogP contribution in [0.5, 0.6) is 0 Å². The van der Waals surface area contributed by atoms with Gasteiger partial charge in [0.2, 0.25) is 5.91 Å². The van der Waals surface area contributed by atoms with Crippen LogP contribution >= 0.6 is 0 Å².